The second kappa shape index (κ2) is 5.04. The van der Waals surface area contributed by atoms with Crippen molar-refractivity contribution < 1.29 is 9.90 Å². The van der Waals surface area contributed by atoms with Crippen LogP contribution in [0.1, 0.15) is 10.4 Å². The van der Waals surface area contributed by atoms with Crippen molar-refractivity contribution in [2.24, 2.45) is 0 Å². The van der Waals surface area contributed by atoms with Crippen LogP contribution in [0, 0.1) is 0 Å². The Balaban J connectivity index is 2.07. The highest BCUT2D eigenvalue weighted by Crippen LogP contribution is 2.24. The molecule has 3 rings (SSSR count). The lowest BCUT2D eigenvalue weighted by Gasteiger charge is -2.04. The van der Waals surface area contributed by atoms with Crippen LogP contribution in [-0.4, -0.2) is 31.1 Å². The summed E-state index contributed by atoms with van der Waals surface area (Å²) in [6, 6.07) is 9.93. The number of benzene rings is 1. The van der Waals surface area contributed by atoms with Crippen molar-refractivity contribution in [3.05, 3.63) is 54.4 Å². The molecule has 1 aromatic carbocycles. The molecule has 7 nitrogen and oxygen atoms in total. The molecule has 3 aromatic rings. The largest absolute Gasteiger partial charge is 0.478 e. The van der Waals surface area contributed by atoms with E-state index in [1.807, 2.05) is 6.07 Å². The van der Waals surface area contributed by atoms with E-state index in [0.29, 0.717) is 17.2 Å². The number of rotatable bonds is 3. The van der Waals surface area contributed by atoms with Gasteiger partial charge in [-0.25, -0.2) is 4.79 Å². The van der Waals surface area contributed by atoms with Crippen LogP contribution in [0.3, 0.4) is 0 Å². The van der Waals surface area contributed by atoms with Gasteiger partial charge in [0.1, 0.15) is 5.69 Å². The molecule has 0 aliphatic heterocycles. The Kier molecular flexibility index (Phi) is 3.07. The molecule has 0 atom stereocenters. The normalized spacial score (nSPS) is 10.5. The van der Waals surface area contributed by atoms with Gasteiger partial charge in [-0.3, -0.25) is 4.98 Å². The minimum absolute atomic E-state index is 0.158. The number of nitrogens with two attached hydrogens (primary N) is 1. The van der Waals surface area contributed by atoms with E-state index in [0.717, 1.165) is 5.56 Å². The van der Waals surface area contributed by atoms with Gasteiger partial charge < -0.3 is 10.8 Å². The fourth-order valence-corrected chi connectivity index (χ4v) is 1.96. The molecule has 0 bridgehead atoms. The zero-order chi connectivity index (χ0) is 14.8. The van der Waals surface area contributed by atoms with Crippen molar-refractivity contribution in [3.63, 3.8) is 0 Å². The molecule has 0 fully saturated rings. The third-order valence-corrected chi connectivity index (χ3v) is 2.98. The number of hydrogen-bond acceptors (Lipinski definition) is 5. The minimum atomic E-state index is -1.01. The molecular weight excluding hydrogens is 270 g/mol. The SMILES string of the molecule is Nc1c(-c2cccnc2)nnn1-c1cccc(C(=O)O)c1. The third kappa shape index (κ3) is 2.32. The first-order valence-electron chi connectivity index (χ1n) is 6.12. The topological polar surface area (TPSA) is 107 Å². The summed E-state index contributed by atoms with van der Waals surface area (Å²) in [5.74, 6) is -0.687. The lowest BCUT2D eigenvalue weighted by molar-refractivity contribution is 0.0697. The summed E-state index contributed by atoms with van der Waals surface area (Å²) in [5.41, 5.74) is 8.00. The van der Waals surface area contributed by atoms with Gasteiger partial charge in [0, 0.05) is 18.0 Å². The number of aromatic nitrogens is 4. The predicted octanol–water partition coefficient (Wildman–Crippen LogP) is 1.61. The third-order valence-electron chi connectivity index (χ3n) is 2.98. The highest BCUT2D eigenvalue weighted by molar-refractivity contribution is 5.88. The molecule has 0 aliphatic rings. The van der Waals surface area contributed by atoms with Gasteiger partial charge in [0.15, 0.2) is 5.82 Å². The number of aromatic carboxylic acids is 1. The van der Waals surface area contributed by atoms with Crippen LogP contribution in [0.25, 0.3) is 16.9 Å². The summed E-state index contributed by atoms with van der Waals surface area (Å²) >= 11 is 0. The second-order valence-corrected chi connectivity index (χ2v) is 4.33. The highest BCUT2D eigenvalue weighted by Gasteiger charge is 2.14. The summed E-state index contributed by atoms with van der Waals surface area (Å²) in [6.45, 7) is 0. The molecule has 0 radical (unpaired) electrons. The zero-order valence-corrected chi connectivity index (χ0v) is 10.8. The molecule has 2 aromatic heterocycles. The number of hydrogen-bond donors (Lipinski definition) is 2. The van der Waals surface area contributed by atoms with Crippen molar-refractivity contribution in [3.8, 4) is 16.9 Å². The minimum Gasteiger partial charge on any atom is -0.478 e. The molecule has 3 N–H and O–H groups in total. The molecule has 7 heteroatoms. The molecular formula is C14H11N5O2. The van der Waals surface area contributed by atoms with Gasteiger partial charge in [0.05, 0.1) is 11.3 Å². The quantitative estimate of drug-likeness (QED) is 0.755. The molecule has 0 spiro atoms. The van der Waals surface area contributed by atoms with Gasteiger partial charge in [-0.1, -0.05) is 11.3 Å². The summed E-state index contributed by atoms with van der Waals surface area (Å²) in [4.78, 5) is 15.0. The van der Waals surface area contributed by atoms with E-state index in [-0.39, 0.29) is 5.56 Å². The molecule has 0 saturated heterocycles. The summed E-state index contributed by atoms with van der Waals surface area (Å²) < 4.78 is 1.40. The maximum atomic E-state index is 11.0. The maximum Gasteiger partial charge on any atom is 0.335 e. The van der Waals surface area contributed by atoms with E-state index >= 15 is 0 Å². The second-order valence-electron chi connectivity index (χ2n) is 4.33. The van der Waals surface area contributed by atoms with Crippen LogP contribution in [0.5, 0.6) is 0 Å². The molecule has 0 unspecified atom stereocenters. The highest BCUT2D eigenvalue weighted by atomic mass is 16.4. The number of anilines is 1. The monoisotopic (exact) mass is 281 g/mol. The van der Waals surface area contributed by atoms with Crippen molar-refractivity contribution >= 4 is 11.8 Å². The summed E-state index contributed by atoms with van der Waals surface area (Å²) in [7, 11) is 0. The smallest absolute Gasteiger partial charge is 0.335 e. The maximum absolute atomic E-state index is 11.0. The van der Waals surface area contributed by atoms with Gasteiger partial charge in [0.25, 0.3) is 0 Å². The number of carbonyl (C=O) groups is 1. The van der Waals surface area contributed by atoms with Gasteiger partial charge in [0.2, 0.25) is 0 Å². The van der Waals surface area contributed by atoms with Crippen molar-refractivity contribution in [2.45, 2.75) is 0 Å². The predicted molar refractivity (Wildman–Crippen MR) is 76.0 cm³/mol. The standard InChI is InChI=1S/C14H11N5O2/c15-13-12(10-4-2-6-16-8-10)17-18-19(13)11-5-1-3-9(7-11)14(20)21/h1-8H,15H2,(H,20,21). The van der Waals surface area contributed by atoms with E-state index in [1.165, 1.54) is 16.8 Å². The number of nitrogen functional groups attached to an aromatic ring is 1. The lowest BCUT2D eigenvalue weighted by Crippen LogP contribution is -2.04. The fourth-order valence-electron chi connectivity index (χ4n) is 1.96. The first-order valence-corrected chi connectivity index (χ1v) is 6.12. The number of carboxylic acid groups (broad SMARTS) is 1. The molecule has 0 aliphatic carbocycles. The number of nitrogens with zero attached hydrogens (tertiary/aromatic N) is 4. The van der Waals surface area contributed by atoms with Gasteiger partial charge in [-0.05, 0) is 30.3 Å². The van der Waals surface area contributed by atoms with Crippen molar-refractivity contribution in [1.29, 1.82) is 0 Å². The van der Waals surface area contributed by atoms with E-state index < -0.39 is 5.97 Å². The van der Waals surface area contributed by atoms with E-state index in [9.17, 15) is 4.79 Å². The van der Waals surface area contributed by atoms with E-state index in [2.05, 4.69) is 15.3 Å². The van der Waals surface area contributed by atoms with Crippen LogP contribution < -0.4 is 5.73 Å². The molecule has 104 valence electrons. The van der Waals surface area contributed by atoms with E-state index in [1.54, 1.807) is 30.6 Å². The average molecular weight is 281 g/mol. The number of pyridine rings is 1. The Labute approximate surface area is 119 Å². The van der Waals surface area contributed by atoms with Gasteiger partial charge >= 0.3 is 5.97 Å². The Bertz CT molecular complexity index is 798. The van der Waals surface area contributed by atoms with Crippen molar-refractivity contribution in [2.75, 3.05) is 5.73 Å². The number of carboxylic acids is 1. The zero-order valence-electron chi connectivity index (χ0n) is 10.8. The Morgan fingerprint density at radius 3 is 2.81 bits per heavy atom. The molecule has 21 heavy (non-hydrogen) atoms. The average Bonchev–Trinajstić information content (AvgIpc) is 2.90. The summed E-state index contributed by atoms with van der Waals surface area (Å²) in [6.07, 6.45) is 3.29. The lowest BCUT2D eigenvalue weighted by atomic mass is 10.2. The van der Waals surface area contributed by atoms with Crippen LogP contribution in [-0.2, 0) is 0 Å². The van der Waals surface area contributed by atoms with Crippen LogP contribution >= 0.6 is 0 Å². The molecule has 0 saturated carbocycles. The van der Waals surface area contributed by atoms with E-state index in [4.69, 9.17) is 10.8 Å². The Morgan fingerprint density at radius 1 is 1.24 bits per heavy atom. The van der Waals surface area contributed by atoms with Crippen LogP contribution in [0.15, 0.2) is 48.8 Å². The van der Waals surface area contributed by atoms with Crippen molar-refractivity contribution in [1.82, 2.24) is 20.0 Å². The Morgan fingerprint density at radius 2 is 2.10 bits per heavy atom. The summed E-state index contributed by atoms with van der Waals surface area (Å²) in [5, 5.41) is 17.0. The van der Waals surface area contributed by atoms with Gasteiger partial charge in [-0.2, -0.15) is 4.68 Å². The Hall–Kier alpha value is -3.22. The fraction of sp³-hybridized carbons (Fsp3) is 0. The first kappa shape index (κ1) is 12.8. The van der Waals surface area contributed by atoms with Crippen LogP contribution in [0.2, 0.25) is 0 Å². The molecule has 0 amide bonds. The van der Waals surface area contributed by atoms with Gasteiger partial charge in [-0.15, -0.1) is 5.10 Å². The first-order chi connectivity index (χ1) is 10.2. The molecule has 2 heterocycles. The van der Waals surface area contributed by atoms with Crippen LogP contribution in [0.4, 0.5) is 5.82 Å².